The molecule has 0 saturated carbocycles. The van der Waals surface area contributed by atoms with Crippen LogP contribution in [-0.4, -0.2) is 43.3 Å². The van der Waals surface area contributed by atoms with Crippen LogP contribution in [0.3, 0.4) is 0 Å². The summed E-state index contributed by atoms with van der Waals surface area (Å²) >= 11 is 0. The smallest absolute Gasteiger partial charge is 0.0671 e. The molecule has 0 bridgehead atoms. The Bertz CT molecular complexity index is 369. The van der Waals surface area contributed by atoms with E-state index in [2.05, 4.69) is 54.4 Å². The van der Waals surface area contributed by atoms with Crippen molar-refractivity contribution in [1.29, 1.82) is 0 Å². The van der Waals surface area contributed by atoms with Gasteiger partial charge in [-0.1, -0.05) is 30.3 Å². The summed E-state index contributed by atoms with van der Waals surface area (Å²) in [5.41, 5.74) is 1.41. The maximum absolute atomic E-state index is 5.58. The maximum atomic E-state index is 5.58. The highest BCUT2D eigenvalue weighted by molar-refractivity contribution is 5.14. The van der Waals surface area contributed by atoms with Crippen molar-refractivity contribution in [3.05, 3.63) is 35.9 Å². The standard InChI is InChI=1S/C17H28N2O/c1-3-20-15(2)12-18-17-10-7-11-19(14-17)13-16-8-5-4-6-9-16/h4-6,8-9,15,17-18H,3,7,10-14H2,1-2H3. The minimum absolute atomic E-state index is 0.310. The Morgan fingerprint density at radius 1 is 1.35 bits per heavy atom. The lowest BCUT2D eigenvalue weighted by molar-refractivity contribution is 0.0697. The van der Waals surface area contributed by atoms with Crippen molar-refractivity contribution >= 4 is 0 Å². The Balaban J connectivity index is 1.74. The number of hydrogen-bond donors (Lipinski definition) is 1. The van der Waals surface area contributed by atoms with Crippen LogP contribution in [0.1, 0.15) is 32.3 Å². The molecule has 20 heavy (non-hydrogen) atoms. The van der Waals surface area contributed by atoms with E-state index in [-0.39, 0.29) is 0 Å². The molecule has 2 unspecified atom stereocenters. The second kappa shape index (κ2) is 8.40. The van der Waals surface area contributed by atoms with E-state index in [1.807, 2.05) is 0 Å². The van der Waals surface area contributed by atoms with E-state index in [4.69, 9.17) is 4.74 Å². The number of nitrogens with one attached hydrogen (secondary N) is 1. The first-order chi connectivity index (χ1) is 9.78. The second-order valence-corrected chi connectivity index (χ2v) is 5.73. The zero-order valence-electron chi connectivity index (χ0n) is 12.8. The highest BCUT2D eigenvalue weighted by atomic mass is 16.5. The zero-order valence-corrected chi connectivity index (χ0v) is 12.8. The molecule has 0 amide bonds. The van der Waals surface area contributed by atoms with Gasteiger partial charge >= 0.3 is 0 Å². The van der Waals surface area contributed by atoms with Gasteiger partial charge in [0.1, 0.15) is 0 Å². The summed E-state index contributed by atoms with van der Waals surface area (Å²) < 4.78 is 5.58. The third-order valence-electron chi connectivity index (χ3n) is 3.90. The van der Waals surface area contributed by atoms with Crippen LogP contribution in [0.2, 0.25) is 0 Å². The summed E-state index contributed by atoms with van der Waals surface area (Å²) in [5.74, 6) is 0. The molecule has 3 heteroatoms. The van der Waals surface area contributed by atoms with Gasteiger partial charge in [0.25, 0.3) is 0 Å². The number of ether oxygens (including phenoxy) is 1. The van der Waals surface area contributed by atoms with Crippen LogP contribution < -0.4 is 5.32 Å². The fraction of sp³-hybridized carbons (Fsp3) is 0.647. The van der Waals surface area contributed by atoms with Gasteiger partial charge in [-0.2, -0.15) is 0 Å². The fourth-order valence-electron chi connectivity index (χ4n) is 2.88. The quantitative estimate of drug-likeness (QED) is 0.828. The predicted octanol–water partition coefficient (Wildman–Crippen LogP) is 2.67. The third-order valence-corrected chi connectivity index (χ3v) is 3.90. The second-order valence-electron chi connectivity index (χ2n) is 5.73. The molecule has 1 saturated heterocycles. The van der Waals surface area contributed by atoms with Gasteiger partial charge in [-0.3, -0.25) is 4.90 Å². The average molecular weight is 276 g/mol. The van der Waals surface area contributed by atoms with Crippen LogP contribution >= 0.6 is 0 Å². The molecule has 2 rings (SSSR count). The van der Waals surface area contributed by atoms with Crippen LogP contribution in [0.15, 0.2) is 30.3 Å². The number of piperidine rings is 1. The van der Waals surface area contributed by atoms with E-state index in [0.29, 0.717) is 12.1 Å². The average Bonchev–Trinajstić information content (AvgIpc) is 2.47. The van der Waals surface area contributed by atoms with Crippen LogP contribution in [-0.2, 0) is 11.3 Å². The van der Waals surface area contributed by atoms with E-state index in [1.165, 1.54) is 24.9 Å². The Hall–Kier alpha value is -0.900. The normalized spacial score (nSPS) is 21.8. The van der Waals surface area contributed by atoms with Crippen LogP contribution in [0.4, 0.5) is 0 Å². The first-order valence-corrected chi connectivity index (χ1v) is 7.89. The molecule has 2 atom stereocenters. The SMILES string of the molecule is CCOC(C)CNC1CCCN(Cc2ccccc2)C1. The summed E-state index contributed by atoms with van der Waals surface area (Å²) in [6, 6.07) is 11.4. The molecule has 1 aliphatic rings. The number of benzene rings is 1. The Morgan fingerprint density at radius 3 is 2.90 bits per heavy atom. The van der Waals surface area contributed by atoms with Crippen LogP contribution in [0.25, 0.3) is 0 Å². The van der Waals surface area contributed by atoms with Gasteiger partial charge in [-0.25, -0.2) is 0 Å². The largest absolute Gasteiger partial charge is 0.377 e. The molecule has 0 aliphatic carbocycles. The summed E-state index contributed by atoms with van der Waals surface area (Å²) in [6.45, 7) is 9.38. The van der Waals surface area contributed by atoms with Crippen molar-refractivity contribution in [1.82, 2.24) is 10.2 Å². The van der Waals surface area contributed by atoms with Crippen LogP contribution in [0, 0.1) is 0 Å². The van der Waals surface area contributed by atoms with Gasteiger partial charge in [0.15, 0.2) is 0 Å². The summed E-state index contributed by atoms with van der Waals surface area (Å²) in [7, 11) is 0. The molecule has 1 heterocycles. The van der Waals surface area contributed by atoms with Crippen molar-refractivity contribution in [3.8, 4) is 0 Å². The Morgan fingerprint density at radius 2 is 2.15 bits per heavy atom. The highest BCUT2D eigenvalue weighted by Gasteiger charge is 2.19. The van der Waals surface area contributed by atoms with Gasteiger partial charge in [-0.15, -0.1) is 0 Å². The molecular formula is C17H28N2O. The summed E-state index contributed by atoms with van der Waals surface area (Å²) in [5, 5.41) is 3.66. The molecule has 3 nitrogen and oxygen atoms in total. The lowest BCUT2D eigenvalue weighted by Crippen LogP contribution is -2.47. The molecule has 0 spiro atoms. The van der Waals surface area contributed by atoms with Gasteiger partial charge in [-0.05, 0) is 38.8 Å². The van der Waals surface area contributed by atoms with Crippen LogP contribution in [0.5, 0.6) is 0 Å². The van der Waals surface area contributed by atoms with E-state index in [9.17, 15) is 0 Å². The predicted molar refractivity (Wildman–Crippen MR) is 83.8 cm³/mol. The van der Waals surface area contributed by atoms with E-state index in [0.717, 1.165) is 26.2 Å². The maximum Gasteiger partial charge on any atom is 0.0671 e. The van der Waals surface area contributed by atoms with Crippen molar-refractivity contribution < 1.29 is 4.74 Å². The molecule has 112 valence electrons. The van der Waals surface area contributed by atoms with E-state index in [1.54, 1.807) is 0 Å². The molecule has 1 N–H and O–H groups in total. The Labute approximate surface area is 123 Å². The summed E-state index contributed by atoms with van der Waals surface area (Å²) in [4.78, 5) is 2.56. The zero-order chi connectivity index (χ0) is 14.2. The lowest BCUT2D eigenvalue weighted by Gasteiger charge is -2.33. The van der Waals surface area contributed by atoms with E-state index >= 15 is 0 Å². The number of rotatable bonds is 7. The van der Waals surface area contributed by atoms with Crippen molar-refractivity contribution in [3.63, 3.8) is 0 Å². The minimum atomic E-state index is 0.310. The first-order valence-electron chi connectivity index (χ1n) is 7.89. The molecule has 1 aromatic rings. The fourth-order valence-corrected chi connectivity index (χ4v) is 2.88. The van der Waals surface area contributed by atoms with Gasteiger partial charge in [0.2, 0.25) is 0 Å². The minimum Gasteiger partial charge on any atom is -0.377 e. The lowest BCUT2D eigenvalue weighted by atomic mass is 10.0. The van der Waals surface area contributed by atoms with Gasteiger partial charge < -0.3 is 10.1 Å². The molecule has 1 fully saturated rings. The molecule has 1 aliphatic heterocycles. The number of likely N-dealkylation sites (tertiary alicyclic amines) is 1. The van der Waals surface area contributed by atoms with Gasteiger partial charge in [0, 0.05) is 32.3 Å². The van der Waals surface area contributed by atoms with Crippen molar-refractivity contribution in [2.45, 2.75) is 45.4 Å². The number of hydrogen-bond acceptors (Lipinski definition) is 3. The van der Waals surface area contributed by atoms with Crippen molar-refractivity contribution in [2.24, 2.45) is 0 Å². The monoisotopic (exact) mass is 276 g/mol. The molecule has 0 radical (unpaired) electrons. The number of nitrogens with zero attached hydrogens (tertiary/aromatic N) is 1. The molecular weight excluding hydrogens is 248 g/mol. The Kier molecular flexibility index (Phi) is 6.51. The van der Waals surface area contributed by atoms with Crippen molar-refractivity contribution in [2.75, 3.05) is 26.2 Å². The van der Waals surface area contributed by atoms with Gasteiger partial charge in [0.05, 0.1) is 6.10 Å². The van der Waals surface area contributed by atoms with E-state index < -0.39 is 0 Å². The molecule has 1 aromatic carbocycles. The highest BCUT2D eigenvalue weighted by Crippen LogP contribution is 2.13. The summed E-state index contributed by atoms with van der Waals surface area (Å²) in [6.07, 6.45) is 2.88. The third kappa shape index (κ3) is 5.23. The first kappa shape index (κ1) is 15.5. The topological polar surface area (TPSA) is 24.5 Å². The molecule has 0 aromatic heterocycles.